The molecule has 0 aliphatic rings. The van der Waals surface area contributed by atoms with Gasteiger partial charge in [0.05, 0.1) is 16.7 Å². The quantitative estimate of drug-likeness (QED) is 0.152. The average Bonchev–Trinajstić information content (AvgIpc) is 3.95. The van der Waals surface area contributed by atoms with Gasteiger partial charge in [-0.1, -0.05) is 176 Å². The number of benzene rings is 11. The highest BCUT2D eigenvalue weighted by molar-refractivity contribution is 6.10. The Hall–Kier alpha value is -8.92. The van der Waals surface area contributed by atoms with Crippen LogP contribution in [-0.4, -0.2) is 4.57 Å². The lowest BCUT2D eigenvalue weighted by atomic mass is 9.97. The van der Waals surface area contributed by atoms with Gasteiger partial charge in [0.2, 0.25) is 0 Å². The van der Waals surface area contributed by atoms with Crippen LogP contribution >= 0.6 is 0 Å². The lowest BCUT2D eigenvalue weighted by Crippen LogP contribution is -2.09. The smallest absolute Gasteiger partial charge is 0.136 e. The average molecular weight is 855 g/mol. The second-order valence-electron chi connectivity index (χ2n) is 17.3. The summed E-state index contributed by atoms with van der Waals surface area (Å²) < 4.78 is 8.67. The van der Waals surface area contributed by atoms with Crippen molar-refractivity contribution in [2.75, 3.05) is 4.90 Å². The normalized spacial score (nSPS) is 11.6. The number of furan rings is 1. The summed E-state index contributed by atoms with van der Waals surface area (Å²) in [5, 5.41) is 7.28. The molecule has 314 valence electrons. The van der Waals surface area contributed by atoms with E-state index in [0.29, 0.717) is 0 Å². The van der Waals surface area contributed by atoms with E-state index in [1.165, 1.54) is 49.3 Å². The molecule has 11 aromatic carbocycles. The zero-order valence-electron chi connectivity index (χ0n) is 36.6. The van der Waals surface area contributed by atoms with Crippen LogP contribution < -0.4 is 4.90 Å². The third kappa shape index (κ3) is 6.67. The number of aromatic nitrogens is 1. The molecule has 13 aromatic rings. The topological polar surface area (TPSA) is 21.3 Å². The molecule has 0 radical (unpaired) electrons. The van der Waals surface area contributed by atoms with Crippen LogP contribution in [0.4, 0.5) is 17.1 Å². The molecule has 67 heavy (non-hydrogen) atoms. The number of nitrogens with zero attached hydrogens (tertiary/aromatic N) is 2. The van der Waals surface area contributed by atoms with Gasteiger partial charge in [0.25, 0.3) is 0 Å². The Morgan fingerprint density at radius 3 is 1.45 bits per heavy atom. The van der Waals surface area contributed by atoms with Crippen LogP contribution in [0.1, 0.15) is 0 Å². The standard InChI is InChI=1S/C64H42N2O/c1-2-17-53-44(13-1)14-12-22-54(53)45-29-36-51(37-30-45)65(50-34-27-43(28-35-50)47-15-11-16-48(41-47)49-33-40-59-58-21-6-10-26-63(58)67-64(59)42-49)52-38-31-46(32-39-52)55-18-3-7-23-60(55)66-61-24-8-4-19-56(61)57-20-5-9-25-62(57)66/h1-42H. The molecule has 0 atom stereocenters. The SMILES string of the molecule is c1cc(-c2ccc(N(c3ccc(-c4ccccc4-n4c5ccccc5c5ccccc54)cc3)c3ccc(-c4cccc5ccccc45)cc3)cc2)cc(-c2ccc3c(c2)oc2ccccc23)c1. The molecule has 13 rings (SSSR count). The Bertz CT molecular complexity index is 3910. The van der Waals surface area contributed by atoms with Crippen molar-refractivity contribution in [1.82, 2.24) is 4.57 Å². The third-order valence-corrected chi connectivity index (χ3v) is 13.4. The van der Waals surface area contributed by atoms with Gasteiger partial charge in [0, 0.05) is 44.2 Å². The van der Waals surface area contributed by atoms with E-state index in [2.05, 4.69) is 252 Å². The van der Waals surface area contributed by atoms with Crippen LogP contribution in [0.2, 0.25) is 0 Å². The molecule has 0 amide bonds. The number of hydrogen-bond donors (Lipinski definition) is 0. The Labute approximate surface area is 388 Å². The molecule has 0 aliphatic heterocycles. The van der Waals surface area contributed by atoms with Crippen LogP contribution in [0, 0.1) is 0 Å². The minimum absolute atomic E-state index is 0.902. The van der Waals surface area contributed by atoms with Crippen molar-refractivity contribution in [3.05, 3.63) is 255 Å². The van der Waals surface area contributed by atoms with Gasteiger partial charge >= 0.3 is 0 Å². The van der Waals surface area contributed by atoms with Crippen LogP contribution in [0.25, 0.3) is 105 Å². The number of fused-ring (bicyclic) bond motifs is 7. The van der Waals surface area contributed by atoms with Crippen molar-refractivity contribution >= 4 is 71.6 Å². The number of anilines is 3. The molecule has 0 aliphatic carbocycles. The van der Waals surface area contributed by atoms with E-state index >= 15 is 0 Å². The Kier molecular flexibility index (Phi) is 9.17. The van der Waals surface area contributed by atoms with Crippen LogP contribution in [0.15, 0.2) is 259 Å². The summed E-state index contributed by atoms with van der Waals surface area (Å²) in [6.07, 6.45) is 0. The molecule has 0 spiro atoms. The maximum Gasteiger partial charge on any atom is 0.136 e. The van der Waals surface area contributed by atoms with Crippen LogP contribution in [0.5, 0.6) is 0 Å². The molecule has 2 aromatic heterocycles. The molecule has 0 N–H and O–H groups in total. The Morgan fingerprint density at radius 2 is 0.746 bits per heavy atom. The lowest BCUT2D eigenvalue weighted by molar-refractivity contribution is 0.669. The molecule has 0 unspecified atom stereocenters. The summed E-state index contributed by atoms with van der Waals surface area (Å²) in [7, 11) is 0. The highest BCUT2D eigenvalue weighted by Gasteiger charge is 2.18. The fourth-order valence-electron chi connectivity index (χ4n) is 10.2. The first kappa shape index (κ1) is 38.5. The third-order valence-electron chi connectivity index (χ3n) is 13.4. The Balaban J connectivity index is 0.876. The molecule has 0 saturated carbocycles. The number of hydrogen-bond acceptors (Lipinski definition) is 2. The zero-order chi connectivity index (χ0) is 44.3. The lowest BCUT2D eigenvalue weighted by Gasteiger charge is -2.26. The summed E-state index contributed by atoms with van der Waals surface area (Å²) in [6, 6.07) is 91.9. The van der Waals surface area contributed by atoms with Gasteiger partial charge in [-0.2, -0.15) is 0 Å². The van der Waals surface area contributed by atoms with Crippen molar-refractivity contribution in [2.24, 2.45) is 0 Å². The first-order chi connectivity index (χ1) is 33.2. The highest BCUT2D eigenvalue weighted by atomic mass is 16.3. The van der Waals surface area contributed by atoms with Crippen molar-refractivity contribution in [1.29, 1.82) is 0 Å². The van der Waals surface area contributed by atoms with Crippen molar-refractivity contribution in [3.63, 3.8) is 0 Å². The van der Waals surface area contributed by atoms with Gasteiger partial charge in [-0.15, -0.1) is 0 Å². The van der Waals surface area contributed by atoms with Crippen LogP contribution in [-0.2, 0) is 0 Å². The van der Waals surface area contributed by atoms with E-state index in [4.69, 9.17) is 4.42 Å². The molecule has 0 saturated heterocycles. The largest absolute Gasteiger partial charge is 0.456 e. The molecule has 0 bridgehead atoms. The summed E-state index contributed by atoms with van der Waals surface area (Å²) >= 11 is 0. The molecular formula is C64H42N2O. The van der Waals surface area contributed by atoms with E-state index < -0.39 is 0 Å². The first-order valence-electron chi connectivity index (χ1n) is 22.9. The van der Waals surface area contributed by atoms with Crippen LogP contribution in [0.3, 0.4) is 0 Å². The minimum Gasteiger partial charge on any atom is -0.456 e. The van der Waals surface area contributed by atoms with Gasteiger partial charge in [0.15, 0.2) is 0 Å². The summed E-state index contributed by atoms with van der Waals surface area (Å²) in [4.78, 5) is 2.36. The number of rotatable bonds is 8. The predicted molar refractivity (Wildman–Crippen MR) is 282 cm³/mol. The molecule has 0 fully saturated rings. The van der Waals surface area contributed by atoms with Crippen molar-refractivity contribution in [3.8, 4) is 50.2 Å². The zero-order valence-corrected chi connectivity index (χ0v) is 36.6. The van der Waals surface area contributed by atoms with E-state index in [0.717, 1.165) is 72.5 Å². The van der Waals surface area contributed by atoms with E-state index in [-0.39, 0.29) is 0 Å². The second kappa shape index (κ2) is 16.0. The monoisotopic (exact) mass is 854 g/mol. The first-order valence-corrected chi connectivity index (χ1v) is 22.9. The molecular weight excluding hydrogens is 813 g/mol. The fourth-order valence-corrected chi connectivity index (χ4v) is 10.2. The minimum atomic E-state index is 0.902. The second-order valence-corrected chi connectivity index (χ2v) is 17.3. The Morgan fingerprint density at radius 1 is 0.284 bits per heavy atom. The molecule has 2 heterocycles. The molecule has 3 nitrogen and oxygen atoms in total. The summed E-state index contributed by atoms with van der Waals surface area (Å²) in [6.45, 7) is 0. The van der Waals surface area contributed by atoms with E-state index in [1.807, 2.05) is 12.1 Å². The van der Waals surface area contributed by atoms with Crippen molar-refractivity contribution < 1.29 is 4.42 Å². The summed E-state index contributed by atoms with van der Waals surface area (Å²) in [5.41, 5.74) is 17.9. The van der Waals surface area contributed by atoms with Gasteiger partial charge in [0.1, 0.15) is 11.2 Å². The highest BCUT2D eigenvalue weighted by Crippen LogP contribution is 2.41. The van der Waals surface area contributed by atoms with E-state index in [9.17, 15) is 0 Å². The van der Waals surface area contributed by atoms with Gasteiger partial charge in [-0.3, -0.25) is 0 Å². The molecule has 3 heteroatoms. The van der Waals surface area contributed by atoms with Gasteiger partial charge < -0.3 is 13.9 Å². The maximum absolute atomic E-state index is 6.26. The van der Waals surface area contributed by atoms with Gasteiger partial charge in [-0.25, -0.2) is 0 Å². The van der Waals surface area contributed by atoms with Crippen molar-refractivity contribution in [2.45, 2.75) is 0 Å². The summed E-state index contributed by atoms with van der Waals surface area (Å²) in [5.74, 6) is 0. The van der Waals surface area contributed by atoms with Gasteiger partial charge in [-0.05, 0) is 129 Å². The van der Waals surface area contributed by atoms with E-state index in [1.54, 1.807) is 0 Å². The predicted octanol–water partition coefficient (Wildman–Crippen LogP) is 18.0. The fraction of sp³-hybridized carbons (Fsp3) is 0. The number of para-hydroxylation sites is 4. The maximum atomic E-state index is 6.26.